The van der Waals surface area contributed by atoms with Crippen LogP contribution in [0.1, 0.15) is 37.1 Å². The molecule has 7 heteroatoms. The number of thiazole rings is 1. The number of benzene rings is 1. The number of amides is 1. The highest BCUT2D eigenvalue weighted by atomic mass is 32.1. The summed E-state index contributed by atoms with van der Waals surface area (Å²) in [4.78, 5) is 22.3. The van der Waals surface area contributed by atoms with Gasteiger partial charge in [0, 0.05) is 7.05 Å². The zero-order chi connectivity index (χ0) is 20.3. The molecular formula is C22H31N5OS+2. The van der Waals surface area contributed by atoms with Gasteiger partial charge in [-0.15, -0.1) is 11.3 Å². The molecule has 0 spiro atoms. The van der Waals surface area contributed by atoms with Crippen LogP contribution in [-0.4, -0.2) is 61.1 Å². The summed E-state index contributed by atoms with van der Waals surface area (Å²) >= 11 is 1.79. The highest BCUT2D eigenvalue weighted by molar-refractivity contribution is 7.18. The van der Waals surface area contributed by atoms with Crippen molar-refractivity contribution in [1.82, 2.24) is 9.88 Å². The van der Waals surface area contributed by atoms with Crippen LogP contribution in [0.15, 0.2) is 24.3 Å². The van der Waals surface area contributed by atoms with Crippen LogP contribution >= 0.6 is 11.3 Å². The van der Waals surface area contributed by atoms with E-state index >= 15 is 0 Å². The number of quaternary nitrogens is 2. The van der Waals surface area contributed by atoms with E-state index in [9.17, 15) is 10.1 Å². The Bertz CT molecular complexity index is 857. The Kier molecular flexibility index (Phi) is 6.14. The van der Waals surface area contributed by atoms with Crippen molar-refractivity contribution in [2.24, 2.45) is 0 Å². The van der Waals surface area contributed by atoms with Crippen molar-refractivity contribution in [3.63, 3.8) is 0 Å². The van der Waals surface area contributed by atoms with Crippen molar-refractivity contribution in [3.05, 3.63) is 29.3 Å². The number of likely N-dealkylation sites (N-methyl/N-ethyl adjacent to an activating group) is 1. The molecule has 2 aromatic rings. The summed E-state index contributed by atoms with van der Waals surface area (Å²) in [7, 11) is 1.84. The predicted octanol–water partition coefficient (Wildman–Crippen LogP) is 0.265. The molecule has 2 heterocycles. The minimum Gasteiger partial charge on any atom is -0.322 e. The van der Waals surface area contributed by atoms with E-state index in [1.54, 1.807) is 21.1 Å². The van der Waals surface area contributed by atoms with Gasteiger partial charge in [-0.25, -0.2) is 4.98 Å². The molecule has 2 aliphatic rings. The second-order valence-electron chi connectivity index (χ2n) is 8.59. The van der Waals surface area contributed by atoms with Crippen LogP contribution in [0.25, 0.3) is 10.2 Å². The topological polar surface area (TPSA) is 65.9 Å². The van der Waals surface area contributed by atoms with Crippen molar-refractivity contribution < 1.29 is 14.6 Å². The van der Waals surface area contributed by atoms with E-state index < -0.39 is 5.54 Å². The van der Waals surface area contributed by atoms with Gasteiger partial charge in [0.15, 0.2) is 6.54 Å². The van der Waals surface area contributed by atoms with Gasteiger partial charge in [-0.1, -0.05) is 31.4 Å². The highest BCUT2D eigenvalue weighted by Gasteiger charge is 2.40. The van der Waals surface area contributed by atoms with Crippen molar-refractivity contribution in [3.8, 4) is 6.07 Å². The van der Waals surface area contributed by atoms with Crippen LogP contribution in [0.4, 0.5) is 0 Å². The number of para-hydroxylation sites is 1. The fourth-order valence-corrected chi connectivity index (χ4v) is 5.79. The van der Waals surface area contributed by atoms with Gasteiger partial charge >= 0.3 is 0 Å². The molecule has 1 saturated carbocycles. The van der Waals surface area contributed by atoms with Crippen molar-refractivity contribution in [1.29, 1.82) is 5.26 Å². The van der Waals surface area contributed by atoms with Crippen LogP contribution in [0.5, 0.6) is 0 Å². The summed E-state index contributed by atoms with van der Waals surface area (Å²) in [6, 6.07) is 10.8. The fraction of sp³-hybridized carbons (Fsp3) is 0.591. The molecule has 1 saturated heterocycles. The molecule has 154 valence electrons. The zero-order valence-corrected chi connectivity index (χ0v) is 18.1. The zero-order valence-electron chi connectivity index (χ0n) is 17.2. The molecule has 1 aromatic heterocycles. The summed E-state index contributed by atoms with van der Waals surface area (Å²) in [5, 5.41) is 10.9. The third kappa shape index (κ3) is 4.45. The summed E-state index contributed by atoms with van der Waals surface area (Å²) in [5.41, 5.74) is 0.522. The minimum absolute atomic E-state index is 0.123. The summed E-state index contributed by atoms with van der Waals surface area (Å²) < 4.78 is 1.26. The lowest BCUT2D eigenvalue weighted by atomic mass is 9.81. The Labute approximate surface area is 176 Å². The number of aromatic nitrogens is 1. The lowest BCUT2D eigenvalue weighted by Gasteiger charge is -2.39. The first-order valence-corrected chi connectivity index (χ1v) is 11.6. The smallest absolute Gasteiger partial charge is 0.278 e. The highest BCUT2D eigenvalue weighted by Crippen LogP contribution is 2.32. The number of nitriles is 1. The largest absolute Gasteiger partial charge is 0.322 e. The Morgan fingerprint density at radius 3 is 2.55 bits per heavy atom. The lowest BCUT2D eigenvalue weighted by Crippen LogP contribution is -3.28. The molecule has 0 atom stereocenters. The van der Waals surface area contributed by atoms with Crippen molar-refractivity contribution >= 4 is 27.5 Å². The number of carbonyl (C=O) groups is 1. The number of hydrogen-bond acceptors (Lipinski definition) is 4. The van der Waals surface area contributed by atoms with Gasteiger partial charge in [-0.05, 0) is 25.0 Å². The maximum atomic E-state index is 12.9. The van der Waals surface area contributed by atoms with E-state index in [1.165, 1.54) is 21.0 Å². The molecule has 4 rings (SSSR count). The average molecular weight is 414 g/mol. The van der Waals surface area contributed by atoms with Crippen LogP contribution in [-0.2, 0) is 11.3 Å². The SMILES string of the molecule is CN(C(=O)C[NH+]1CC[NH+](Cc2nc3ccccc3s2)CC1)C1(C#N)CCCCC1. The van der Waals surface area contributed by atoms with Crippen molar-refractivity contribution in [2.75, 3.05) is 39.8 Å². The molecule has 1 aliphatic heterocycles. The molecular weight excluding hydrogens is 382 g/mol. The second kappa shape index (κ2) is 8.78. The Balaban J connectivity index is 1.28. The molecule has 0 radical (unpaired) electrons. The number of nitrogens with one attached hydrogen (secondary N) is 2. The minimum atomic E-state index is -0.575. The summed E-state index contributed by atoms with van der Waals surface area (Å²) in [6.45, 7) is 5.60. The monoisotopic (exact) mass is 413 g/mol. The van der Waals surface area contributed by atoms with Crippen LogP contribution in [0.3, 0.4) is 0 Å². The second-order valence-corrected chi connectivity index (χ2v) is 9.70. The van der Waals surface area contributed by atoms with E-state index in [1.807, 2.05) is 13.1 Å². The molecule has 0 unspecified atom stereocenters. The summed E-state index contributed by atoms with van der Waals surface area (Å²) in [5.74, 6) is 0.123. The van der Waals surface area contributed by atoms with E-state index in [2.05, 4.69) is 24.3 Å². The van der Waals surface area contributed by atoms with Crippen LogP contribution < -0.4 is 9.80 Å². The quantitative estimate of drug-likeness (QED) is 0.739. The number of nitrogens with zero attached hydrogens (tertiary/aromatic N) is 3. The number of carbonyl (C=O) groups excluding carboxylic acids is 1. The normalized spacial score (nSPS) is 24.1. The molecule has 1 aliphatic carbocycles. The van der Waals surface area contributed by atoms with E-state index in [-0.39, 0.29) is 5.91 Å². The lowest BCUT2D eigenvalue weighted by molar-refractivity contribution is -1.02. The third-order valence-electron chi connectivity index (χ3n) is 6.71. The molecule has 2 N–H and O–H groups in total. The van der Waals surface area contributed by atoms with Crippen LogP contribution in [0, 0.1) is 11.3 Å². The number of fused-ring (bicyclic) bond motifs is 1. The Morgan fingerprint density at radius 2 is 1.86 bits per heavy atom. The fourth-order valence-electron chi connectivity index (χ4n) is 4.75. The van der Waals surface area contributed by atoms with Gasteiger partial charge in [0.05, 0.1) is 16.3 Å². The first-order valence-electron chi connectivity index (χ1n) is 10.8. The van der Waals surface area contributed by atoms with Gasteiger partial charge < -0.3 is 14.7 Å². The molecule has 0 bridgehead atoms. The molecule has 1 amide bonds. The average Bonchev–Trinajstić information content (AvgIpc) is 3.17. The molecule has 1 aromatic carbocycles. The van der Waals surface area contributed by atoms with Gasteiger partial charge in [-0.2, -0.15) is 5.26 Å². The maximum absolute atomic E-state index is 12.9. The molecule has 2 fully saturated rings. The predicted molar refractivity (Wildman–Crippen MR) is 114 cm³/mol. The van der Waals surface area contributed by atoms with Gasteiger partial charge in [-0.3, -0.25) is 4.79 Å². The van der Waals surface area contributed by atoms with Gasteiger partial charge in [0.25, 0.3) is 5.91 Å². The van der Waals surface area contributed by atoms with Gasteiger partial charge in [0.1, 0.15) is 43.3 Å². The van der Waals surface area contributed by atoms with Gasteiger partial charge in [0.2, 0.25) is 0 Å². The summed E-state index contributed by atoms with van der Waals surface area (Å²) in [6.07, 6.45) is 4.91. The van der Waals surface area contributed by atoms with Crippen LogP contribution in [0.2, 0.25) is 0 Å². The van der Waals surface area contributed by atoms with E-state index in [0.717, 1.165) is 63.9 Å². The first-order chi connectivity index (χ1) is 14.1. The van der Waals surface area contributed by atoms with Crippen molar-refractivity contribution in [2.45, 2.75) is 44.2 Å². The molecule has 6 nitrogen and oxygen atoms in total. The number of hydrogen-bond donors (Lipinski definition) is 2. The standard InChI is InChI=1S/C22H29N5OS/c1-25(22(17-23)9-5-2-6-10-22)21(28)16-27-13-11-26(12-14-27)15-20-24-18-7-3-4-8-19(18)29-20/h3-4,7-8H,2,5-6,9-16H2,1H3/p+2. The maximum Gasteiger partial charge on any atom is 0.278 e. The number of rotatable bonds is 5. The first kappa shape index (κ1) is 20.3. The Morgan fingerprint density at radius 1 is 1.17 bits per heavy atom. The van der Waals surface area contributed by atoms with E-state index in [4.69, 9.17) is 4.98 Å². The molecule has 29 heavy (non-hydrogen) atoms. The number of piperazine rings is 1. The third-order valence-corrected chi connectivity index (χ3v) is 7.75. The van der Waals surface area contributed by atoms with E-state index in [0.29, 0.717) is 6.54 Å². The Hall–Kier alpha value is -2.01.